The first-order valence-electron chi connectivity index (χ1n) is 4.62. The summed E-state index contributed by atoms with van der Waals surface area (Å²) in [7, 11) is 0. The highest BCUT2D eigenvalue weighted by molar-refractivity contribution is 6.28. The van der Waals surface area contributed by atoms with Gasteiger partial charge in [-0.15, -0.1) is 16.7 Å². The van der Waals surface area contributed by atoms with Gasteiger partial charge < -0.3 is 5.73 Å². The van der Waals surface area contributed by atoms with Crippen LogP contribution in [-0.2, 0) is 0 Å². The SMILES string of the molecule is NC(CCl)=Nc1cc(F)ccc1-n1cnnn1. The Morgan fingerprint density at radius 1 is 1.53 bits per heavy atom. The van der Waals surface area contributed by atoms with Crippen molar-refractivity contribution in [2.75, 3.05) is 5.88 Å². The Hall–Kier alpha value is -2.02. The second kappa shape index (κ2) is 4.88. The number of aliphatic imine (C=N–C) groups is 1. The van der Waals surface area contributed by atoms with Crippen LogP contribution in [0.25, 0.3) is 5.69 Å². The number of hydrogen-bond acceptors (Lipinski definition) is 4. The Kier molecular flexibility index (Phi) is 3.29. The van der Waals surface area contributed by atoms with Crippen LogP contribution in [0.2, 0.25) is 0 Å². The summed E-state index contributed by atoms with van der Waals surface area (Å²) in [6.07, 6.45) is 1.38. The third kappa shape index (κ3) is 2.56. The molecule has 1 heterocycles. The fourth-order valence-electron chi connectivity index (χ4n) is 1.24. The van der Waals surface area contributed by atoms with Crippen molar-refractivity contribution in [1.29, 1.82) is 0 Å². The summed E-state index contributed by atoms with van der Waals surface area (Å²) < 4.78 is 14.5. The Morgan fingerprint density at radius 2 is 2.35 bits per heavy atom. The average molecular weight is 255 g/mol. The van der Waals surface area contributed by atoms with E-state index in [2.05, 4.69) is 20.5 Å². The molecule has 0 aliphatic heterocycles. The molecule has 0 saturated heterocycles. The van der Waals surface area contributed by atoms with Crippen LogP contribution in [-0.4, -0.2) is 31.9 Å². The summed E-state index contributed by atoms with van der Waals surface area (Å²) in [5.74, 6) is -0.180. The molecule has 0 atom stereocenters. The smallest absolute Gasteiger partial charge is 0.143 e. The molecule has 0 aliphatic carbocycles. The number of nitrogens with zero attached hydrogens (tertiary/aromatic N) is 5. The van der Waals surface area contributed by atoms with Crippen LogP contribution in [0, 0.1) is 5.82 Å². The topological polar surface area (TPSA) is 82.0 Å². The van der Waals surface area contributed by atoms with Gasteiger partial charge in [0.25, 0.3) is 0 Å². The first kappa shape index (κ1) is 11.5. The molecule has 0 unspecified atom stereocenters. The lowest BCUT2D eigenvalue weighted by Gasteiger charge is -2.05. The zero-order valence-electron chi connectivity index (χ0n) is 8.59. The molecule has 1 aromatic heterocycles. The lowest BCUT2D eigenvalue weighted by atomic mass is 10.2. The van der Waals surface area contributed by atoms with Gasteiger partial charge in [0.15, 0.2) is 0 Å². The van der Waals surface area contributed by atoms with E-state index in [1.54, 1.807) is 0 Å². The van der Waals surface area contributed by atoms with E-state index in [0.29, 0.717) is 11.4 Å². The Balaban J connectivity index is 2.52. The van der Waals surface area contributed by atoms with E-state index in [1.165, 1.54) is 29.2 Å². The number of halogens is 2. The molecule has 0 bridgehead atoms. The van der Waals surface area contributed by atoms with Crippen LogP contribution in [0.1, 0.15) is 0 Å². The number of benzene rings is 1. The van der Waals surface area contributed by atoms with Crippen molar-refractivity contribution in [3.8, 4) is 5.69 Å². The van der Waals surface area contributed by atoms with Crippen LogP contribution in [0.15, 0.2) is 29.5 Å². The van der Waals surface area contributed by atoms with E-state index < -0.39 is 5.82 Å². The van der Waals surface area contributed by atoms with Gasteiger partial charge in [0.1, 0.15) is 18.0 Å². The van der Waals surface area contributed by atoms with Crippen molar-refractivity contribution in [3.05, 3.63) is 30.3 Å². The van der Waals surface area contributed by atoms with Gasteiger partial charge in [-0.3, -0.25) is 0 Å². The molecule has 0 aliphatic rings. The summed E-state index contributed by atoms with van der Waals surface area (Å²) in [5, 5.41) is 10.7. The number of hydrogen-bond donors (Lipinski definition) is 1. The van der Waals surface area contributed by atoms with E-state index in [4.69, 9.17) is 17.3 Å². The van der Waals surface area contributed by atoms with Crippen LogP contribution < -0.4 is 5.73 Å². The maximum atomic E-state index is 13.1. The quantitative estimate of drug-likeness (QED) is 0.504. The summed E-state index contributed by atoms with van der Waals surface area (Å²) in [5.41, 5.74) is 6.35. The summed E-state index contributed by atoms with van der Waals surface area (Å²) in [6.45, 7) is 0. The molecule has 2 aromatic rings. The second-order valence-corrected chi connectivity index (χ2v) is 3.39. The summed E-state index contributed by atoms with van der Waals surface area (Å²) in [4.78, 5) is 4.00. The largest absolute Gasteiger partial charge is 0.386 e. The predicted molar refractivity (Wildman–Crippen MR) is 61.1 cm³/mol. The first-order valence-corrected chi connectivity index (χ1v) is 5.16. The van der Waals surface area contributed by atoms with Crippen molar-refractivity contribution in [3.63, 3.8) is 0 Å². The number of alkyl halides is 1. The van der Waals surface area contributed by atoms with E-state index in [0.717, 1.165) is 0 Å². The number of tetrazole rings is 1. The van der Waals surface area contributed by atoms with E-state index in [9.17, 15) is 4.39 Å². The zero-order chi connectivity index (χ0) is 12.3. The fourth-order valence-corrected chi connectivity index (χ4v) is 1.30. The van der Waals surface area contributed by atoms with Gasteiger partial charge in [-0.1, -0.05) is 0 Å². The highest BCUT2D eigenvalue weighted by Crippen LogP contribution is 2.23. The predicted octanol–water partition coefficient (Wildman–Crippen LogP) is 1.03. The third-order valence-corrected chi connectivity index (χ3v) is 2.21. The number of aromatic nitrogens is 4. The summed E-state index contributed by atoms with van der Waals surface area (Å²) >= 11 is 5.52. The van der Waals surface area contributed by atoms with Crippen molar-refractivity contribution in [2.24, 2.45) is 10.7 Å². The highest BCUT2D eigenvalue weighted by Gasteiger charge is 2.07. The van der Waals surface area contributed by atoms with Gasteiger partial charge in [-0.05, 0) is 22.6 Å². The molecule has 8 heteroatoms. The Morgan fingerprint density at radius 3 is 3.00 bits per heavy atom. The molecule has 88 valence electrons. The van der Waals surface area contributed by atoms with Crippen molar-refractivity contribution >= 4 is 23.1 Å². The molecule has 0 spiro atoms. The van der Waals surface area contributed by atoms with Crippen molar-refractivity contribution < 1.29 is 4.39 Å². The molecule has 2 rings (SSSR count). The third-order valence-electron chi connectivity index (χ3n) is 1.93. The molecule has 1 aromatic carbocycles. The molecule has 2 N–H and O–H groups in total. The Bertz CT molecular complexity index is 538. The minimum absolute atomic E-state index is 0.0611. The molecule has 0 fully saturated rings. The number of nitrogens with two attached hydrogens (primary N) is 1. The molecular formula is C9H8ClFN6. The normalized spacial score (nSPS) is 11.8. The second-order valence-electron chi connectivity index (χ2n) is 3.12. The highest BCUT2D eigenvalue weighted by atomic mass is 35.5. The average Bonchev–Trinajstić information content (AvgIpc) is 2.82. The van der Waals surface area contributed by atoms with Gasteiger partial charge in [0, 0.05) is 6.07 Å². The first-order chi connectivity index (χ1) is 8.20. The minimum Gasteiger partial charge on any atom is -0.386 e. The molecule has 0 saturated carbocycles. The van der Waals surface area contributed by atoms with Gasteiger partial charge >= 0.3 is 0 Å². The van der Waals surface area contributed by atoms with Gasteiger partial charge in [0.2, 0.25) is 0 Å². The van der Waals surface area contributed by atoms with Crippen molar-refractivity contribution in [2.45, 2.75) is 0 Å². The summed E-state index contributed by atoms with van der Waals surface area (Å²) in [6, 6.07) is 4.02. The fraction of sp³-hybridized carbons (Fsp3) is 0.111. The lowest BCUT2D eigenvalue weighted by molar-refractivity contribution is 0.627. The zero-order valence-corrected chi connectivity index (χ0v) is 9.34. The van der Waals surface area contributed by atoms with Gasteiger partial charge in [0.05, 0.1) is 17.3 Å². The Labute approximate surface area is 101 Å². The van der Waals surface area contributed by atoms with E-state index >= 15 is 0 Å². The number of rotatable bonds is 3. The molecule has 0 amide bonds. The molecule has 0 radical (unpaired) electrons. The molecule has 6 nitrogen and oxygen atoms in total. The van der Waals surface area contributed by atoms with Crippen LogP contribution in [0.3, 0.4) is 0 Å². The maximum Gasteiger partial charge on any atom is 0.143 e. The van der Waals surface area contributed by atoms with Crippen LogP contribution in [0.5, 0.6) is 0 Å². The van der Waals surface area contributed by atoms with Gasteiger partial charge in [-0.25, -0.2) is 9.38 Å². The molecule has 17 heavy (non-hydrogen) atoms. The van der Waals surface area contributed by atoms with Crippen LogP contribution in [0.4, 0.5) is 10.1 Å². The van der Waals surface area contributed by atoms with Crippen molar-refractivity contribution in [1.82, 2.24) is 20.2 Å². The minimum atomic E-state index is -0.428. The van der Waals surface area contributed by atoms with E-state index in [1.807, 2.05) is 0 Å². The molecular weight excluding hydrogens is 247 g/mol. The van der Waals surface area contributed by atoms with Gasteiger partial charge in [-0.2, -0.15) is 4.68 Å². The van der Waals surface area contributed by atoms with Crippen LogP contribution >= 0.6 is 11.6 Å². The monoisotopic (exact) mass is 254 g/mol. The van der Waals surface area contributed by atoms with E-state index in [-0.39, 0.29) is 11.7 Å². The standard InChI is InChI=1S/C9H8ClFN6/c10-4-9(12)14-7-3-6(11)1-2-8(7)17-5-13-15-16-17/h1-3,5H,4H2,(H2,12,14). The lowest BCUT2D eigenvalue weighted by Crippen LogP contribution is -2.12. The maximum absolute atomic E-state index is 13.1. The number of amidine groups is 1.